The van der Waals surface area contributed by atoms with Gasteiger partial charge in [-0.25, -0.2) is 8.42 Å². The third-order valence-corrected chi connectivity index (χ3v) is 5.89. The number of methoxy groups -OCH3 is 1. The van der Waals surface area contributed by atoms with E-state index in [9.17, 15) is 13.2 Å². The number of hydrogen-bond donors (Lipinski definition) is 3. The zero-order valence-corrected chi connectivity index (χ0v) is 15.5. The number of rotatable bonds is 7. The number of sulfone groups is 1. The van der Waals surface area contributed by atoms with Gasteiger partial charge in [0.05, 0.1) is 24.4 Å². The minimum absolute atomic E-state index is 0.148. The molecule has 3 aromatic rings. The van der Waals surface area contributed by atoms with Gasteiger partial charge < -0.3 is 20.1 Å². The summed E-state index contributed by atoms with van der Waals surface area (Å²) in [7, 11) is -1.90. The van der Waals surface area contributed by atoms with Crippen LogP contribution in [-0.2, 0) is 16.4 Å². The Hall–Kier alpha value is -2.84. The monoisotopic (exact) mass is 388 g/mol. The second-order valence-electron chi connectivity index (χ2n) is 5.97. The first kappa shape index (κ1) is 18.9. The minimum Gasteiger partial charge on any atom is -0.496 e. The molecule has 1 heterocycles. The smallest absolute Gasteiger partial charge is 0.267 e. The van der Waals surface area contributed by atoms with Crippen LogP contribution in [0.3, 0.4) is 0 Å². The van der Waals surface area contributed by atoms with Crippen molar-refractivity contribution in [3.8, 4) is 5.75 Å². The lowest BCUT2D eigenvalue weighted by Crippen LogP contribution is -2.23. The van der Waals surface area contributed by atoms with Gasteiger partial charge in [-0.1, -0.05) is 18.2 Å². The Kier molecular flexibility index (Phi) is 5.48. The van der Waals surface area contributed by atoms with Gasteiger partial charge in [0, 0.05) is 17.4 Å². The molecule has 0 radical (unpaired) electrons. The van der Waals surface area contributed by atoms with Crippen molar-refractivity contribution in [2.75, 3.05) is 19.5 Å². The molecule has 1 aromatic heterocycles. The molecular formula is C19H20N2O5S. The Morgan fingerprint density at radius 3 is 2.59 bits per heavy atom. The van der Waals surface area contributed by atoms with Crippen molar-refractivity contribution in [2.24, 2.45) is 0 Å². The Morgan fingerprint density at radius 1 is 1.19 bits per heavy atom. The van der Waals surface area contributed by atoms with Gasteiger partial charge in [0.2, 0.25) is 0 Å². The van der Waals surface area contributed by atoms with E-state index >= 15 is 0 Å². The summed E-state index contributed by atoms with van der Waals surface area (Å²) >= 11 is 0. The molecule has 0 saturated carbocycles. The van der Waals surface area contributed by atoms with Gasteiger partial charge in [-0.2, -0.15) is 0 Å². The predicted molar refractivity (Wildman–Crippen MR) is 102 cm³/mol. The number of aromatic amines is 1. The molecule has 0 aliphatic heterocycles. The highest BCUT2D eigenvalue weighted by Crippen LogP contribution is 2.26. The normalized spacial score (nSPS) is 11.5. The zero-order chi connectivity index (χ0) is 19.4. The molecule has 0 saturated heterocycles. The first-order valence-electron chi connectivity index (χ1n) is 8.31. The molecule has 7 nitrogen and oxygen atoms in total. The van der Waals surface area contributed by atoms with E-state index in [1.54, 1.807) is 25.3 Å². The first-order chi connectivity index (χ1) is 12.9. The van der Waals surface area contributed by atoms with E-state index in [1.165, 1.54) is 12.1 Å². The van der Waals surface area contributed by atoms with E-state index in [-0.39, 0.29) is 23.1 Å². The summed E-state index contributed by atoms with van der Waals surface area (Å²) in [4.78, 5) is 15.6. The summed E-state index contributed by atoms with van der Waals surface area (Å²) in [5.41, 5.74) is 1.98. The van der Waals surface area contributed by atoms with E-state index in [2.05, 4.69) is 10.3 Å². The maximum atomic E-state index is 12.4. The van der Waals surface area contributed by atoms with Crippen LogP contribution in [0.2, 0.25) is 0 Å². The molecule has 2 aromatic carbocycles. The SMILES string of the molecule is COc1cccc2[nH]c(C(=O)NCc3ccc(S(=O)(=O)CCO)cc3)cc12. The fourth-order valence-electron chi connectivity index (χ4n) is 2.76. The number of nitrogens with one attached hydrogen (secondary N) is 2. The molecule has 0 fully saturated rings. The molecule has 3 N–H and O–H groups in total. The van der Waals surface area contributed by atoms with Gasteiger partial charge in [0.1, 0.15) is 11.4 Å². The maximum Gasteiger partial charge on any atom is 0.267 e. The topological polar surface area (TPSA) is 108 Å². The predicted octanol–water partition coefficient (Wildman–Crippen LogP) is 1.87. The Bertz CT molecular complexity index is 1060. The van der Waals surface area contributed by atoms with Crippen molar-refractivity contribution in [2.45, 2.75) is 11.4 Å². The Labute approximate surface area is 156 Å². The van der Waals surface area contributed by atoms with Crippen molar-refractivity contribution in [3.63, 3.8) is 0 Å². The van der Waals surface area contributed by atoms with Gasteiger partial charge in [-0.3, -0.25) is 4.79 Å². The largest absolute Gasteiger partial charge is 0.496 e. The number of carbonyl (C=O) groups is 1. The third-order valence-electron chi connectivity index (χ3n) is 4.18. The molecule has 142 valence electrons. The molecule has 0 spiro atoms. The van der Waals surface area contributed by atoms with Gasteiger partial charge in [0.15, 0.2) is 9.84 Å². The molecule has 0 bridgehead atoms. The van der Waals surface area contributed by atoms with E-state index in [0.717, 1.165) is 16.5 Å². The molecule has 0 aliphatic rings. The number of aliphatic hydroxyl groups is 1. The third kappa shape index (κ3) is 4.12. The number of aliphatic hydroxyl groups excluding tert-OH is 1. The summed E-state index contributed by atoms with van der Waals surface area (Å²) in [5, 5.41) is 12.4. The number of carbonyl (C=O) groups excluding carboxylic acids is 1. The van der Waals surface area contributed by atoms with Gasteiger partial charge in [0.25, 0.3) is 5.91 Å². The van der Waals surface area contributed by atoms with E-state index in [4.69, 9.17) is 9.84 Å². The van der Waals surface area contributed by atoms with Crippen molar-refractivity contribution >= 4 is 26.6 Å². The molecule has 0 aliphatic carbocycles. The van der Waals surface area contributed by atoms with Crippen molar-refractivity contribution < 1.29 is 23.1 Å². The van der Waals surface area contributed by atoms with Crippen LogP contribution in [0.4, 0.5) is 0 Å². The summed E-state index contributed by atoms with van der Waals surface area (Å²) in [5.74, 6) is 0.0973. The standard InChI is InChI=1S/C19H20N2O5S/c1-26-18-4-2-3-16-15(18)11-17(21-16)19(23)20-12-13-5-7-14(8-6-13)27(24,25)10-9-22/h2-8,11,21-22H,9-10,12H2,1H3,(H,20,23). The number of ether oxygens (including phenoxy) is 1. The van der Waals surface area contributed by atoms with Gasteiger partial charge in [-0.05, 0) is 35.9 Å². The quantitative estimate of drug-likeness (QED) is 0.573. The average Bonchev–Trinajstić information content (AvgIpc) is 3.11. The second kappa shape index (κ2) is 7.81. The second-order valence-corrected chi connectivity index (χ2v) is 8.08. The van der Waals surface area contributed by atoms with Crippen molar-refractivity contribution in [1.82, 2.24) is 10.3 Å². The first-order valence-corrected chi connectivity index (χ1v) is 9.96. The van der Waals surface area contributed by atoms with Crippen LogP contribution in [0.5, 0.6) is 5.75 Å². The Balaban J connectivity index is 1.69. The molecule has 0 atom stereocenters. The molecule has 8 heteroatoms. The molecule has 1 amide bonds. The highest BCUT2D eigenvalue weighted by molar-refractivity contribution is 7.91. The zero-order valence-electron chi connectivity index (χ0n) is 14.7. The number of fused-ring (bicyclic) bond motifs is 1. The van der Waals surface area contributed by atoms with Crippen molar-refractivity contribution in [3.05, 3.63) is 59.8 Å². The number of aromatic nitrogens is 1. The van der Waals surface area contributed by atoms with Crippen LogP contribution in [0.15, 0.2) is 53.4 Å². The summed E-state index contributed by atoms with van der Waals surface area (Å²) in [6.45, 7) is -0.166. The van der Waals surface area contributed by atoms with Crippen LogP contribution in [0.25, 0.3) is 10.9 Å². The lowest BCUT2D eigenvalue weighted by Gasteiger charge is -2.06. The number of hydrogen-bond acceptors (Lipinski definition) is 5. The summed E-state index contributed by atoms with van der Waals surface area (Å²) in [6.07, 6.45) is 0. The lowest BCUT2D eigenvalue weighted by molar-refractivity contribution is 0.0946. The Morgan fingerprint density at radius 2 is 1.93 bits per heavy atom. The molecular weight excluding hydrogens is 368 g/mol. The van der Waals surface area contributed by atoms with Crippen LogP contribution < -0.4 is 10.1 Å². The van der Waals surface area contributed by atoms with E-state index < -0.39 is 16.4 Å². The molecule has 27 heavy (non-hydrogen) atoms. The fraction of sp³-hybridized carbons (Fsp3) is 0.211. The maximum absolute atomic E-state index is 12.4. The average molecular weight is 388 g/mol. The summed E-state index contributed by atoms with van der Waals surface area (Å²) < 4.78 is 29.1. The van der Waals surface area contributed by atoms with Crippen molar-refractivity contribution in [1.29, 1.82) is 0 Å². The highest BCUT2D eigenvalue weighted by atomic mass is 32.2. The van der Waals surface area contributed by atoms with Crippen LogP contribution >= 0.6 is 0 Å². The van der Waals surface area contributed by atoms with Gasteiger partial charge in [-0.15, -0.1) is 0 Å². The minimum atomic E-state index is -3.48. The lowest BCUT2D eigenvalue weighted by atomic mass is 10.2. The molecule has 3 rings (SSSR count). The van der Waals surface area contributed by atoms with Crippen LogP contribution in [0, 0.1) is 0 Å². The number of amides is 1. The fourth-order valence-corrected chi connectivity index (χ4v) is 3.78. The van der Waals surface area contributed by atoms with E-state index in [1.807, 2.05) is 18.2 Å². The van der Waals surface area contributed by atoms with Crippen LogP contribution in [-0.4, -0.2) is 43.9 Å². The number of benzene rings is 2. The summed E-state index contributed by atoms with van der Waals surface area (Å²) in [6, 6.07) is 13.5. The number of H-pyrrole nitrogens is 1. The van der Waals surface area contributed by atoms with Crippen LogP contribution in [0.1, 0.15) is 16.1 Å². The van der Waals surface area contributed by atoms with Gasteiger partial charge >= 0.3 is 0 Å². The van der Waals surface area contributed by atoms with E-state index in [0.29, 0.717) is 11.4 Å². The highest BCUT2D eigenvalue weighted by Gasteiger charge is 2.14. The molecule has 0 unspecified atom stereocenters.